The smallest absolute Gasteiger partial charge is 0.407 e. The molecule has 0 aromatic rings. The van der Waals surface area contributed by atoms with Gasteiger partial charge in [-0.25, -0.2) is 4.79 Å². The molecular weight excluding hydrogens is 222 g/mol. The molecule has 6 nitrogen and oxygen atoms in total. The number of amides is 1. The van der Waals surface area contributed by atoms with Gasteiger partial charge >= 0.3 is 6.09 Å². The second kappa shape index (κ2) is 4.63. The molecule has 0 fully saturated rings. The third-order valence-electron chi connectivity index (χ3n) is 2.03. The molecule has 15 heavy (non-hydrogen) atoms. The van der Waals surface area contributed by atoms with E-state index in [1.807, 2.05) is 0 Å². The van der Waals surface area contributed by atoms with Crippen molar-refractivity contribution in [2.45, 2.75) is 6.42 Å². The molecule has 1 aliphatic heterocycles. The lowest BCUT2D eigenvalue weighted by Crippen LogP contribution is -2.34. The molecule has 0 saturated heterocycles. The minimum atomic E-state index is -3.42. The zero-order valence-electron chi connectivity index (χ0n) is 8.34. The first-order chi connectivity index (χ1) is 6.88. The molecule has 86 valence electrons. The van der Waals surface area contributed by atoms with Gasteiger partial charge in [0.25, 0.3) is 10.1 Å². The average Bonchev–Trinajstić information content (AvgIpc) is 2.14. The SMILES string of the molecule is CS(=O)(=O)OCC1=CCN(C(=O)O)CC1. The Kier molecular flexibility index (Phi) is 3.70. The molecule has 0 saturated carbocycles. The van der Waals surface area contributed by atoms with Crippen molar-refractivity contribution in [3.05, 3.63) is 11.6 Å². The van der Waals surface area contributed by atoms with Crippen LogP contribution in [-0.4, -0.2) is 50.5 Å². The zero-order chi connectivity index (χ0) is 11.5. The third-order valence-corrected chi connectivity index (χ3v) is 2.58. The van der Waals surface area contributed by atoms with Crippen LogP contribution in [0.2, 0.25) is 0 Å². The number of hydrogen-bond donors (Lipinski definition) is 1. The molecule has 0 aromatic carbocycles. The van der Waals surface area contributed by atoms with Crippen LogP contribution < -0.4 is 0 Å². The molecule has 1 aliphatic rings. The topological polar surface area (TPSA) is 83.9 Å². The molecule has 1 N–H and O–H groups in total. The Morgan fingerprint density at radius 1 is 1.67 bits per heavy atom. The third kappa shape index (κ3) is 4.30. The maximum atomic E-state index is 10.7. The van der Waals surface area contributed by atoms with Gasteiger partial charge in [0, 0.05) is 13.1 Å². The van der Waals surface area contributed by atoms with Crippen LogP contribution in [0.5, 0.6) is 0 Å². The lowest BCUT2D eigenvalue weighted by molar-refractivity contribution is 0.148. The average molecular weight is 235 g/mol. The molecule has 0 atom stereocenters. The van der Waals surface area contributed by atoms with Gasteiger partial charge in [-0.1, -0.05) is 6.08 Å². The summed E-state index contributed by atoms with van der Waals surface area (Å²) < 4.78 is 26.0. The van der Waals surface area contributed by atoms with Crippen LogP contribution in [0, 0.1) is 0 Å². The van der Waals surface area contributed by atoms with Crippen LogP contribution in [0.4, 0.5) is 4.79 Å². The highest BCUT2D eigenvalue weighted by atomic mass is 32.2. The first-order valence-electron chi connectivity index (χ1n) is 4.38. The standard InChI is InChI=1S/C8H13NO5S/c1-15(12,13)14-6-7-2-4-9(5-3-7)8(10)11/h2H,3-6H2,1H3,(H,10,11). The molecule has 0 aromatic heterocycles. The fraction of sp³-hybridized carbons (Fsp3) is 0.625. The van der Waals surface area contributed by atoms with Crippen molar-refractivity contribution in [2.75, 3.05) is 26.0 Å². The highest BCUT2D eigenvalue weighted by Gasteiger charge is 2.16. The first kappa shape index (κ1) is 12.0. The number of nitrogens with zero attached hydrogens (tertiary/aromatic N) is 1. The van der Waals surface area contributed by atoms with Crippen molar-refractivity contribution in [1.82, 2.24) is 4.90 Å². The van der Waals surface area contributed by atoms with E-state index in [2.05, 4.69) is 4.18 Å². The van der Waals surface area contributed by atoms with Crippen molar-refractivity contribution >= 4 is 16.2 Å². The lowest BCUT2D eigenvalue weighted by Gasteiger charge is -2.23. The molecule has 0 aliphatic carbocycles. The van der Waals surface area contributed by atoms with Crippen molar-refractivity contribution in [1.29, 1.82) is 0 Å². The molecule has 1 amide bonds. The number of rotatable bonds is 3. The van der Waals surface area contributed by atoms with Crippen molar-refractivity contribution in [3.8, 4) is 0 Å². The van der Waals surface area contributed by atoms with Crippen LogP contribution in [0.15, 0.2) is 11.6 Å². The Balaban J connectivity index is 2.44. The van der Waals surface area contributed by atoms with E-state index in [9.17, 15) is 13.2 Å². The summed E-state index contributed by atoms with van der Waals surface area (Å²) in [4.78, 5) is 11.8. The van der Waals surface area contributed by atoms with Crippen LogP contribution in [0.1, 0.15) is 6.42 Å². The van der Waals surface area contributed by atoms with Crippen LogP contribution in [0.25, 0.3) is 0 Å². The van der Waals surface area contributed by atoms with Crippen LogP contribution in [0.3, 0.4) is 0 Å². The van der Waals surface area contributed by atoms with E-state index in [1.165, 1.54) is 4.90 Å². The van der Waals surface area contributed by atoms with E-state index < -0.39 is 16.2 Å². The summed E-state index contributed by atoms with van der Waals surface area (Å²) in [6, 6.07) is 0. The van der Waals surface area contributed by atoms with Gasteiger partial charge in [0.15, 0.2) is 0 Å². The van der Waals surface area contributed by atoms with E-state index in [1.54, 1.807) is 6.08 Å². The molecule has 0 bridgehead atoms. The van der Waals surface area contributed by atoms with Gasteiger partial charge in [-0.05, 0) is 12.0 Å². The fourth-order valence-electron chi connectivity index (χ4n) is 1.20. The van der Waals surface area contributed by atoms with Gasteiger partial charge in [-0.15, -0.1) is 0 Å². The summed E-state index contributed by atoms with van der Waals surface area (Å²) in [5.41, 5.74) is 0.818. The van der Waals surface area contributed by atoms with Crippen LogP contribution in [-0.2, 0) is 14.3 Å². The summed E-state index contributed by atoms with van der Waals surface area (Å²) in [5, 5.41) is 8.65. The summed E-state index contributed by atoms with van der Waals surface area (Å²) in [5.74, 6) is 0. The highest BCUT2D eigenvalue weighted by Crippen LogP contribution is 2.11. The largest absolute Gasteiger partial charge is 0.465 e. The van der Waals surface area contributed by atoms with E-state index in [0.29, 0.717) is 13.0 Å². The fourth-order valence-corrected chi connectivity index (χ4v) is 1.56. The van der Waals surface area contributed by atoms with E-state index >= 15 is 0 Å². The van der Waals surface area contributed by atoms with E-state index in [4.69, 9.17) is 5.11 Å². The van der Waals surface area contributed by atoms with Gasteiger partial charge in [-0.2, -0.15) is 8.42 Å². The Morgan fingerprint density at radius 3 is 2.73 bits per heavy atom. The van der Waals surface area contributed by atoms with Crippen molar-refractivity contribution in [3.63, 3.8) is 0 Å². The van der Waals surface area contributed by atoms with E-state index in [0.717, 1.165) is 11.8 Å². The van der Waals surface area contributed by atoms with Gasteiger partial charge in [-0.3, -0.25) is 4.18 Å². The quantitative estimate of drug-likeness (QED) is 0.560. The predicted octanol–water partition coefficient (Wildman–Crippen LogP) is 0.273. The first-order valence-corrected chi connectivity index (χ1v) is 6.20. The summed E-state index contributed by atoms with van der Waals surface area (Å²) in [6.07, 6.45) is 2.22. The molecule has 1 rings (SSSR count). The second-order valence-electron chi connectivity index (χ2n) is 3.31. The molecular formula is C8H13NO5S. The highest BCUT2D eigenvalue weighted by molar-refractivity contribution is 7.85. The summed E-state index contributed by atoms with van der Waals surface area (Å²) in [7, 11) is -3.42. The van der Waals surface area contributed by atoms with Gasteiger partial charge in [0.2, 0.25) is 0 Å². The minimum Gasteiger partial charge on any atom is -0.465 e. The Morgan fingerprint density at radius 2 is 2.33 bits per heavy atom. The molecule has 0 radical (unpaired) electrons. The molecule has 0 unspecified atom stereocenters. The van der Waals surface area contributed by atoms with Gasteiger partial charge in [0.05, 0.1) is 12.9 Å². The maximum absolute atomic E-state index is 10.7. The Bertz CT molecular complexity index is 372. The van der Waals surface area contributed by atoms with E-state index in [-0.39, 0.29) is 13.2 Å². The van der Waals surface area contributed by atoms with Gasteiger partial charge in [0.1, 0.15) is 0 Å². The summed E-state index contributed by atoms with van der Waals surface area (Å²) >= 11 is 0. The predicted molar refractivity (Wildman–Crippen MR) is 53.1 cm³/mol. The van der Waals surface area contributed by atoms with Crippen LogP contribution >= 0.6 is 0 Å². The second-order valence-corrected chi connectivity index (χ2v) is 4.95. The molecule has 1 heterocycles. The maximum Gasteiger partial charge on any atom is 0.407 e. The number of carboxylic acid groups (broad SMARTS) is 1. The monoisotopic (exact) mass is 235 g/mol. The lowest BCUT2D eigenvalue weighted by atomic mass is 10.1. The normalized spacial score (nSPS) is 17.4. The zero-order valence-corrected chi connectivity index (χ0v) is 9.16. The number of hydrogen-bond acceptors (Lipinski definition) is 4. The molecule has 7 heteroatoms. The Hall–Kier alpha value is -1.08. The minimum absolute atomic E-state index is 0.0201. The van der Waals surface area contributed by atoms with Crippen molar-refractivity contribution in [2.24, 2.45) is 0 Å². The van der Waals surface area contributed by atoms with Crippen molar-refractivity contribution < 1.29 is 22.5 Å². The Labute approximate surface area is 88.3 Å². The van der Waals surface area contributed by atoms with Gasteiger partial charge < -0.3 is 10.0 Å². The molecule has 0 spiro atoms. The summed E-state index contributed by atoms with van der Waals surface area (Å²) in [6.45, 7) is 0.693. The number of carbonyl (C=O) groups is 1.